The molecule has 2 aromatic rings. The Morgan fingerprint density at radius 1 is 1.30 bits per heavy atom. The SMILES string of the molecule is Cn1cc(CNC(=O)CCN2C(=O)CCc3ccccc32)cn1. The van der Waals surface area contributed by atoms with Crippen LogP contribution < -0.4 is 10.2 Å². The van der Waals surface area contributed by atoms with Crippen molar-refractivity contribution in [2.75, 3.05) is 11.4 Å². The average molecular weight is 312 g/mol. The van der Waals surface area contributed by atoms with Gasteiger partial charge in [-0.05, 0) is 18.1 Å². The van der Waals surface area contributed by atoms with E-state index in [0.29, 0.717) is 25.9 Å². The molecule has 0 saturated carbocycles. The molecule has 1 aliphatic rings. The number of carbonyl (C=O) groups excluding carboxylic acids is 2. The van der Waals surface area contributed by atoms with Crippen molar-refractivity contribution in [1.29, 1.82) is 0 Å². The van der Waals surface area contributed by atoms with E-state index in [1.165, 1.54) is 5.56 Å². The number of aromatic nitrogens is 2. The third-order valence-electron chi connectivity index (χ3n) is 4.00. The minimum absolute atomic E-state index is 0.0651. The highest BCUT2D eigenvalue weighted by Gasteiger charge is 2.23. The summed E-state index contributed by atoms with van der Waals surface area (Å²) in [5, 5.41) is 6.92. The van der Waals surface area contributed by atoms with Gasteiger partial charge in [0.05, 0.1) is 6.20 Å². The van der Waals surface area contributed by atoms with Crippen LogP contribution in [0.4, 0.5) is 5.69 Å². The molecule has 1 N–H and O–H groups in total. The molecule has 0 atom stereocenters. The lowest BCUT2D eigenvalue weighted by Gasteiger charge is -2.29. The van der Waals surface area contributed by atoms with Crippen LogP contribution in [0.2, 0.25) is 0 Å². The van der Waals surface area contributed by atoms with Crippen LogP contribution in [0.1, 0.15) is 24.0 Å². The molecule has 2 heterocycles. The minimum Gasteiger partial charge on any atom is -0.352 e. The van der Waals surface area contributed by atoms with Crippen LogP contribution in [0.15, 0.2) is 36.7 Å². The molecule has 6 nitrogen and oxygen atoms in total. The second kappa shape index (κ2) is 6.64. The maximum atomic E-state index is 12.1. The van der Waals surface area contributed by atoms with E-state index in [1.54, 1.807) is 15.8 Å². The van der Waals surface area contributed by atoms with Crippen LogP contribution in [0.25, 0.3) is 0 Å². The Hall–Kier alpha value is -2.63. The minimum atomic E-state index is -0.0651. The number of amides is 2. The number of nitrogens with one attached hydrogen (secondary N) is 1. The van der Waals surface area contributed by atoms with Gasteiger partial charge in [0, 0.05) is 50.4 Å². The lowest BCUT2D eigenvalue weighted by Crippen LogP contribution is -2.38. The highest BCUT2D eigenvalue weighted by atomic mass is 16.2. The van der Waals surface area contributed by atoms with Crippen LogP contribution in [-0.2, 0) is 29.6 Å². The Kier molecular flexibility index (Phi) is 4.41. The Balaban J connectivity index is 1.55. The molecule has 1 aromatic carbocycles. The van der Waals surface area contributed by atoms with Crippen molar-refractivity contribution in [3.8, 4) is 0 Å². The fourth-order valence-corrected chi connectivity index (χ4v) is 2.81. The quantitative estimate of drug-likeness (QED) is 0.907. The summed E-state index contributed by atoms with van der Waals surface area (Å²) in [6.45, 7) is 0.867. The van der Waals surface area contributed by atoms with Gasteiger partial charge in [0.2, 0.25) is 11.8 Å². The van der Waals surface area contributed by atoms with Crippen molar-refractivity contribution in [3.05, 3.63) is 47.8 Å². The molecule has 120 valence electrons. The van der Waals surface area contributed by atoms with E-state index >= 15 is 0 Å². The van der Waals surface area contributed by atoms with Crippen LogP contribution in [0.5, 0.6) is 0 Å². The highest BCUT2D eigenvalue weighted by Crippen LogP contribution is 2.27. The zero-order valence-electron chi connectivity index (χ0n) is 13.2. The fraction of sp³-hybridized carbons (Fsp3) is 0.353. The monoisotopic (exact) mass is 312 g/mol. The van der Waals surface area contributed by atoms with Gasteiger partial charge in [-0.1, -0.05) is 18.2 Å². The smallest absolute Gasteiger partial charge is 0.227 e. The van der Waals surface area contributed by atoms with Gasteiger partial charge in [-0.25, -0.2) is 0 Å². The third kappa shape index (κ3) is 3.59. The Morgan fingerprint density at radius 2 is 2.13 bits per heavy atom. The van der Waals surface area contributed by atoms with Crippen molar-refractivity contribution in [2.45, 2.75) is 25.8 Å². The molecule has 0 bridgehead atoms. The molecule has 3 rings (SSSR count). The van der Waals surface area contributed by atoms with Crippen molar-refractivity contribution >= 4 is 17.5 Å². The number of para-hydroxylation sites is 1. The van der Waals surface area contributed by atoms with Crippen LogP contribution in [0, 0.1) is 0 Å². The van der Waals surface area contributed by atoms with Gasteiger partial charge in [0.1, 0.15) is 0 Å². The van der Waals surface area contributed by atoms with Gasteiger partial charge in [-0.15, -0.1) is 0 Å². The first-order chi connectivity index (χ1) is 11.1. The maximum Gasteiger partial charge on any atom is 0.227 e. The van der Waals surface area contributed by atoms with Crippen molar-refractivity contribution in [2.24, 2.45) is 7.05 Å². The Morgan fingerprint density at radius 3 is 2.91 bits per heavy atom. The van der Waals surface area contributed by atoms with Crippen molar-refractivity contribution < 1.29 is 9.59 Å². The van der Waals surface area contributed by atoms with Crippen molar-refractivity contribution in [1.82, 2.24) is 15.1 Å². The van der Waals surface area contributed by atoms with E-state index in [4.69, 9.17) is 0 Å². The number of benzene rings is 1. The second-order valence-corrected chi connectivity index (χ2v) is 5.72. The predicted molar refractivity (Wildman–Crippen MR) is 86.8 cm³/mol. The van der Waals surface area contributed by atoms with E-state index < -0.39 is 0 Å². The lowest BCUT2D eigenvalue weighted by atomic mass is 10.0. The van der Waals surface area contributed by atoms with E-state index in [0.717, 1.165) is 17.7 Å². The molecule has 1 aliphatic heterocycles. The standard InChI is InChI=1S/C17H20N4O2/c1-20-12-13(11-19-20)10-18-16(22)8-9-21-15-5-3-2-4-14(15)6-7-17(21)23/h2-5,11-12H,6-10H2,1H3,(H,18,22). The fourth-order valence-electron chi connectivity index (χ4n) is 2.81. The summed E-state index contributed by atoms with van der Waals surface area (Å²) in [7, 11) is 1.84. The highest BCUT2D eigenvalue weighted by molar-refractivity contribution is 5.96. The summed E-state index contributed by atoms with van der Waals surface area (Å²) in [6, 6.07) is 7.89. The molecule has 0 saturated heterocycles. The molecule has 0 spiro atoms. The number of anilines is 1. The molecular weight excluding hydrogens is 292 g/mol. The number of fused-ring (bicyclic) bond motifs is 1. The number of carbonyl (C=O) groups is 2. The van der Waals surface area contributed by atoms with Gasteiger partial charge in [-0.3, -0.25) is 14.3 Å². The third-order valence-corrected chi connectivity index (χ3v) is 4.00. The summed E-state index contributed by atoms with van der Waals surface area (Å²) in [5.74, 6) is 0.0217. The first kappa shape index (κ1) is 15.3. The first-order valence-corrected chi connectivity index (χ1v) is 7.76. The number of hydrogen-bond acceptors (Lipinski definition) is 3. The molecule has 1 aromatic heterocycles. The van der Waals surface area contributed by atoms with Crippen molar-refractivity contribution in [3.63, 3.8) is 0 Å². The van der Waals surface area contributed by atoms with Crippen LogP contribution >= 0.6 is 0 Å². The van der Waals surface area contributed by atoms with Gasteiger partial charge < -0.3 is 10.2 Å². The largest absolute Gasteiger partial charge is 0.352 e. The van der Waals surface area contributed by atoms with Gasteiger partial charge in [-0.2, -0.15) is 5.10 Å². The van der Waals surface area contributed by atoms with Crippen LogP contribution in [0.3, 0.4) is 0 Å². The summed E-state index contributed by atoms with van der Waals surface area (Å²) in [4.78, 5) is 25.9. The molecule has 6 heteroatoms. The molecule has 0 aliphatic carbocycles. The zero-order valence-corrected chi connectivity index (χ0v) is 13.2. The molecule has 2 amide bonds. The number of rotatable bonds is 5. The van der Waals surface area contributed by atoms with E-state index in [1.807, 2.05) is 37.5 Å². The van der Waals surface area contributed by atoms with E-state index in [2.05, 4.69) is 10.4 Å². The normalized spacial score (nSPS) is 13.8. The average Bonchev–Trinajstić information content (AvgIpc) is 2.97. The molecule has 23 heavy (non-hydrogen) atoms. The topological polar surface area (TPSA) is 67.2 Å². The van der Waals surface area contributed by atoms with Gasteiger partial charge in [0.25, 0.3) is 0 Å². The van der Waals surface area contributed by atoms with Crippen LogP contribution in [-0.4, -0.2) is 28.1 Å². The number of hydrogen-bond donors (Lipinski definition) is 1. The number of aryl methyl sites for hydroxylation is 2. The second-order valence-electron chi connectivity index (χ2n) is 5.72. The predicted octanol–water partition coefficient (Wildman–Crippen LogP) is 1.41. The summed E-state index contributed by atoms with van der Waals surface area (Å²) in [6.07, 6.45) is 5.17. The maximum absolute atomic E-state index is 12.1. The summed E-state index contributed by atoms with van der Waals surface area (Å²) >= 11 is 0. The number of nitrogens with zero attached hydrogens (tertiary/aromatic N) is 3. The Bertz CT molecular complexity index is 723. The summed E-state index contributed by atoms with van der Waals surface area (Å²) in [5.41, 5.74) is 3.06. The van der Waals surface area contributed by atoms with Gasteiger partial charge >= 0.3 is 0 Å². The first-order valence-electron chi connectivity index (χ1n) is 7.76. The Labute approximate surface area is 135 Å². The summed E-state index contributed by atoms with van der Waals surface area (Å²) < 4.78 is 1.70. The zero-order chi connectivity index (χ0) is 16.2. The molecular formula is C17H20N4O2. The van der Waals surface area contributed by atoms with Gasteiger partial charge in [0.15, 0.2) is 0 Å². The van der Waals surface area contributed by atoms with E-state index in [-0.39, 0.29) is 11.8 Å². The lowest BCUT2D eigenvalue weighted by molar-refractivity contribution is -0.121. The molecule has 0 unspecified atom stereocenters. The molecule has 0 radical (unpaired) electrons. The molecule has 0 fully saturated rings. The van der Waals surface area contributed by atoms with E-state index in [9.17, 15) is 9.59 Å².